The third kappa shape index (κ3) is 3.88. The molecular formula is C22H26O2. The first-order valence-corrected chi connectivity index (χ1v) is 8.40. The molecule has 0 heterocycles. The molecule has 0 fully saturated rings. The lowest BCUT2D eigenvalue weighted by atomic mass is 9.90. The highest BCUT2D eigenvalue weighted by Gasteiger charge is 2.16. The van der Waals surface area contributed by atoms with Crippen molar-refractivity contribution in [1.82, 2.24) is 0 Å². The van der Waals surface area contributed by atoms with Crippen molar-refractivity contribution in [1.29, 1.82) is 0 Å². The molecule has 2 aromatic carbocycles. The molecule has 2 nitrogen and oxygen atoms in total. The normalized spacial score (nSPS) is 12.5. The minimum atomic E-state index is 0.188. The summed E-state index contributed by atoms with van der Waals surface area (Å²) in [5.41, 5.74) is 4.67. The molecule has 24 heavy (non-hydrogen) atoms. The van der Waals surface area contributed by atoms with Crippen molar-refractivity contribution < 1.29 is 10.2 Å². The summed E-state index contributed by atoms with van der Waals surface area (Å²) in [5.74, 6) is 0.707. The molecule has 0 aliphatic heterocycles. The molecule has 1 atom stereocenters. The molecule has 0 aliphatic carbocycles. The van der Waals surface area contributed by atoms with Gasteiger partial charge in [-0.1, -0.05) is 62.9 Å². The smallest absolute Gasteiger partial charge is 0.123 e. The van der Waals surface area contributed by atoms with Crippen LogP contribution in [0.4, 0.5) is 0 Å². The van der Waals surface area contributed by atoms with Crippen molar-refractivity contribution in [3.63, 3.8) is 0 Å². The van der Waals surface area contributed by atoms with Gasteiger partial charge in [0.1, 0.15) is 11.5 Å². The highest BCUT2D eigenvalue weighted by atomic mass is 16.3. The van der Waals surface area contributed by atoms with Gasteiger partial charge in [-0.25, -0.2) is 0 Å². The Labute approximate surface area is 144 Å². The average Bonchev–Trinajstić information content (AvgIpc) is 2.59. The quantitative estimate of drug-likeness (QED) is 0.543. The Morgan fingerprint density at radius 1 is 1.21 bits per heavy atom. The van der Waals surface area contributed by atoms with Crippen LogP contribution in [0.3, 0.4) is 0 Å². The van der Waals surface area contributed by atoms with Gasteiger partial charge < -0.3 is 10.2 Å². The Balaban J connectivity index is 2.32. The number of hydrogen-bond donors (Lipinski definition) is 2. The Hall–Kier alpha value is -2.48. The number of hydrogen-bond acceptors (Lipinski definition) is 2. The SMILES string of the molecule is C=C/C=C\c1c(O)cc(CC(C)c2cccc(CC)c2)c(O)c1C. The summed E-state index contributed by atoms with van der Waals surface area (Å²) in [5, 5.41) is 20.8. The molecule has 0 spiro atoms. The van der Waals surface area contributed by atoms with E-state index < -0.39 is 0 Å². The van der Waals surface area contributed by atoms with Gasteiger partial charge in [-0.3, -0.25) is 0 Å². The van der Waals surface area contributed by atoms with Gasteiger partial charge in [-0.2, -0.15) is 0 Å². The first-order valence-electron chi connectivity index (χ1n) is 8.40. The molecule has 0 aliphatic rings. The number of allylic oxidation sites excluding steroid dienone is 2. The minimum Gasteiger partial charge on any atom is -0.507 e. The van der Waals surface area contributed by atoms with Crippen LogP contribution in [-0.2, 0) is 12.8 Å². The maximum atomic E-state index is 10.5. The van der Waals surface area contributed by atoms with Crippen molar-refractivity contribution in [3.05, 3.63) is 76.9 Å². The van der Waals surface area contributed by atoms with Crippen LogP contribution in [0.25, 0.3) is 6.08 Å². The van der Waals surface area contributed by atoms with E-state index in [0.29, 0.717) is 17.5 Å². The van der Waals surface area contributed by atoms with E-state index in [9.17, 15) is 10.2 Å². The molecule has 0 aromatic heterocycles. The van der Waals surface area contributed by atoms with E-state index in [1.807, 2.05) is 6.92 Å². The van der Waals surface area contributed by atoms with Gasteiger partial charge in [-0.15, -0.1) is 0 Å². The summed E-state index contributed by atoms with van der Waals surface area (Å²) in [4.78, 5) is 0. The number of phenolic OH excluding ortho intramolecular Hbond substituents is 2. The van der Waals surface area contributed by atoms with E-state index in [1.54, 1.807) is 24.3 Å². The van der Waals surface area contributed by atoms with Crippen molar-refractivity contribution in [2.24, 2.45) is 0 Å². The molecule has 0 saturated carbocycles. The standard InChI is InChI=1S/C22H26O2/c1-5-7-11-20-16(4)22(24)19(14-21(20)23)12-15(3)18-10-8-9-17(6-2)13-18/h5,7-11,13-15,23-24H,1,6,12H2,2-4H3/b11-7-. The molecule has 2 rings (SSSR count). The van der Waals surface area contributed by atoms with E-state index >= 15 is 0 Å². The van der Waals surface area contributed by atoms with Crippen LogP contribution >= 0.6 is 0 Å². The molecule has 2 N–H and O–H groups in total. The van der Waals surface area contributed by atoms with Crippen LogP contribution in [0.1, 0.15) is 47.6 Å². The fourth-order valence-corrected chi connectivity index (χ4v) is 2.97. The lowest BCUT2D eigenvalue weighted by Crippen LogP contribution is -2.01. The summed E-state index contributed by atoms with van der Waals surface area (Å²) in [7, 11) is 0. The summed E-state index contributed by atoms with van der Waals surface area (Å²) in [6.07, 6.45) is 6.84. The number of phenols is 2. The van der Waals surface area contributed by atoms with Crippen LogP contribution in [0, 0.1) is 6.92 Å². The fraction of sp³-hybridized carbons (Fsp3) is 0.273. The molecule has 2 aromatic rings. The van der Waals surface area contributed by atoms with Crippen molar-refractivity contribution >= 4 is 6.08 Å². The van der Waals surface area contributed by atoms with E-state index in [0.717, 1.165) is 12.0 Å². The summed E-state index contributed by atoms with van der Waals surface area (Å²) >= 11 is 0. The number of aromatic hydroxyl groups is 2. The second-order valence-electron chi connectivity index (χ2n) is 6.24. The third-order valence-electron chi connectivity index (χ3n) is 4.50. The maximum Gasteiger partial charge on any atom is 0.123 e. The second-order valence-corrected chi connectivity index (χ2v) is 6.24. The number of rotatable bonds is 6. The highest BCUT2D eigenvalue weighted by Crippen LogP contribution is 2.36. The summed E-state index contributed by atoms with van der Waals surface area (Å²) in [6, 6.07) is 10.2. The van der Waals surface area contributed by atoms with Crippen LogP contribution in [0.5, 0.6) is 11.5 Å². The van der Waals surface area contributed by atoms with Gasteiger partial charge in [0.2, 0.25) is 0 Å². The van der Waals surface area contributed by atoms with E-state index in [4.69, 9.17) is 0 Å². The molecule has 0 radical (unpaired) electrons. The fourth-order valence-electron chi connectivity index (χ4n) is 2.97. The lowest BCUT2D eigenvalue weighted by Gasteiger charge is -2.17. The van der Waals surface area contributed by atoms with Gasteiger partial charge in [0.05, 0.1) is 0 Å². The largest absolute Gasteiger partial charge is 0.507 e. The molecule has 1 unspecified atom stereocenters. The molecule has 126 valence electrons. The van der Waals surface area contributed by atoms with E-state index in [1.165, 1.54) is 11.1 Å². The zero-order valence-corrected chi connectivity index (χ0v) is 14.7. The summed E-state index contributed by atoms with van der Waals surface area (Å²) < 4.78 is 0. The van der Waals surface area contributed by atoms with Crippen molar-refractivity contribution in [2.45, 2.75) is 39.5 Å². The average molecular weight is 322 g/mol. The molecule has 2 heteroatoms. The zero-order valence-electron chi connectivity index (χ0n) is 14.7. The topological polar surface area (TPSA) is 40.5 Å². The monoisotopic (exact) mass is 322 g/mol. The van der Waals surface area contributed by atoms with Crippen LogP contribution in [0.2, 0.25) is 0 Å². The highest BCUT2D eigenvalue weighted by molar-refractivity contribution is 5.66. The van der Waals surface area contributed by atoms with Crippen LogP contribution in [0.15, 0.2) is 49.1 Å². The Morgan fingerprint density at radius 2 is 1.96 bits per heavy atom. The molecule has 0 amide bonds. The van der Waals surface area contributed by atoms with Crippen LogP contribution in [-0.4, -0.2) is 10.2 Å². The molecule has 0 saturated heterocycles. The minimum absolute atomic E-state index is 0.188. The molecule has 0 bridgehead atoms. The van der Waals surface area contributed by atoms with Crippen molar-refractivity contribution in [2.75, 3.05) is 0 Å². The van der Waals surface area contributed by atoms with Gasteiger partial charge in [0.15, 0.2) is 0 Å². The van der Waals surface area contributed by atoms with E-state index in [2.05, 4.69) is 44.7 Å². The predicted molar refractivity (Wildman–Crippen MR) is 102 cm³/mol. The third-order valence-corrected chi connectivity index (χ3v) is 4.50. The number of aryl methyl sites for hydroxylation is 1. The van der Waals surface area contributed by atoms with Crippen molar-refractivity contribution in [3.8, 4) is 11.5 Å². The zero-order chi connectivity index (χ0) is 17.7. The van der Waals surface area contributed by atoms with Gasteiger partial charge in [0, 0.05) is 11.1 Å². The van der Waals surface area contributed by atoms with E-state index in [-0.39, 0.29) is 17.4 Å². The Morgan fingerprint density at radius 3 is 2.62 bits per heavy atom. The van der Waals surface area contributed by atoms with Gasteiger partial charge in [-0.05, 0) is 48.4 Å². The Kier molecular flexibility index (Phi) is 5.86. The maximum absolute atomic E-state index is 10.5. The van der Waals surface area contributed by atoms with Gasteiger partial charge >= 0.3 is 0 Å². The lowest BCUT2D eigenvalue weighted by molar-refractivity contribution is 0.447. The summed E-state index contributed by atoms with van der Waals surface area (Å²) in [6.45, 7) is 9.74. The second kappa shape index (κ2) is 7.87. The first kappa shape index (κ1) is 17.9. The molecular weight excluding hydrogens is 296 g/mol. The van der Waals surface area contributed by atoms with Gasteiger partial charge in [0.25, 0.3) is 0 Å². The number of benzene rings is 2. The predicted octanol–water partition coefficient (Wildman–Crippen LogP) is 5.51. The first-order chi connectivity index (χ1) is 11.5. The Bertz CT molecular complexity index is 757. The van der Waals surface area contributed by atoms with Crippen LogP contribution < -0.4 is 0 Å².